The first-order valence-corrected chi connectivity index (χ1v) is 11.6. The molecule has 5 rings (SSSR count). The van der Waals surface area contributed by atoms with Crippen molar-refractivity contribution >= 4 is 11.8 Å². The maximum Gasteiger partial charge on any atom is 0.394 e. The van der Waals surface area contributed by atoms with Crippen molar-refractivity contribution in [3.05, 3.63) is 90.0 Å². The fourth-order valence-electron chi connectivity index (χ4n) is 4.44. The summed E-state index contributed by atoms with van der Waals surface area (Å²) in [7, 11) is 0. The molecule has 6 heteroatoms. The van der Waals surface area contributed by atoms with Gasteiger partial charge >= 0.3 is 6.08 Å². The molecule has 0 bridgehead atoms. The normalized spacial score (nSPS) is 17.0. The second-order valence-corrected chi connectivity index (χ2v) is 8.62. The number of hydrogen-bond acceptors (Lipinski definition) is 6. The van der Waals surface area contributed by atoms with Crippen LogP contribution in [0.2, 0.25) is 0 Å². The zero-order valence-electron chi connectivity index (χ0n) is 19.0. The number of fused-ring (bicyclic) bond motifs is 1. The van der Waals surface area contributed by atoms with Crippen molar-refractivity contribution < 1.29 is 14.2 Å². The lowest BCUT2D eigenvalue weighted by molar-refractivity contribution is 0.156. The summed E-state index contributed by atoms with van der Waals surface area (Å²) in [6, 6.07) is 28.1. The lowest BCUT2D eigenvalue weighted by atomic mass is 9.74. The van der Waals surface area contributed by atoms with Gasteiger partial charge in [-0.15, -0.1) is 0 Å². The second kappa shape index (κ2) is 9.98. The molecule has 0 aromatic heterocycles. The van der Waals surface area contributed by atoms with Gasteiger partial charge in [0.25, 0.3) is 0 Å². The van der Waals surface area contributed by atoms with Crippen LogP contribution in [-0.4, -0.2) is 37.2 Å². The van der Waals surface area contributed by atoms with Crippen LogP contribution in [0.5, 0.6) is 11.5 Å². The SMILES string of the molecule is N#CC1(c2ccccc2)CCN(CCOc2ccc(OC3=Nc4ccccc4CO3)cc2)CC1. The Morgan fingerprint density at radius 1 is 0.912 bits per heavy atom. The van der Waals surface area contributed by atoms with E-state index >= 15 is 0 Å². The van der Waals surface area contributed by atoms with Gasteiger partial charge in [-0.25, -0.2) is 0 Å². The van der Waals surface area contributed by atoms with Gasteiger partial charge in [0.2, 0.25) is 0 Å². The quantitative estimate of drug-likeness (QED) is 0.512. The minimum Gasteiger partial charge on any atom is -0.492 e. The first kappa shape index (κ1) is 22.0. The Kier molecular flexibility index (Phi) is 6.46. The molecule has 0 radical (unpaired) electrons. The molecular weight excluding hydrogens is 426 g/mol. The topological polar surface area (TPSA) is 67.1 Å². The number of para-hydroxylation sites is 1. The van der Waals surface area contributed by atoms with E-state index in [2.05, 4.69) is 28.1 Å². The minimum atomic E-state index is -0.372. The summed E-state index contributed by atoms with van der Waals surface area (Å²) >= 11 is 0. The van der Waals surface area contributed by atoms with Crippen molar-refractivity contribution in [3.63, 3.8) is 0 Å². The Bertz CT molecular complexity index is 1180. The highest BCUT2D eigenvalue weighted by Gasteiger charge is 2.36. The number of likely N-dealkylation sites (tertiary alicyclic amines) is 1. The van der Waals surface area contributed by atoms with E-state index in [-0.39, 0.29) is 11.5 Å². The monoisotopic (exact) mass is 453 g/mol. The first-order chi connectivity index (χ1) is 16.7. The Labute approximate surface area is 200 Å². The lowest BCUT2D eigenvalue weighted by Crippen LogP contribution is -2.43. The molecule has 0 amide bonds. The zero-order valence-corrected chi connectivity index (χ0v) is 19.0. The molecule has 1 saturated heterocycles. The molecule has 0 spiro atoms. The van der Waals surface area contributed by atoms with Crippen LogP contribution in [0, 0.1) is 11.3 Å². The van der Waals surface area contributed by atoms with Crippen molar-refractivity contribution in [2.75, 3.05) is 26.2 Å². The molecule has 3 aromatic rings. The van der Waals surface area contributed by atoms with Crippen molar-refractivity contribution in [2.24, 2.45) is 4.99 Å². The zero-order chi connectivity index (χ0) is 23.2. The van der Waals surface area contributed by atoms with Gasteiger partial charge in [-0.3, -0.25) is 4.90 Å². The number of nitriles is 1. The summed E-state index contributed by atoms with van der Waals surface area (Å²) in [6.07, 6.45) is 1.94. The fourth-order valence-corrected chi connectivity index (χ4v) is 4.44. The maximum atomic E-state index is 9.86. The smallest absolute Gasteiger partial charge is 0.394 e. The summed E-state index contributed by atoms with van der Waals surface area (Å²) in [4.78, 5) is 6.78. The number of rotatable bonds is 6. The molecule has 0 saturated carbocycles. The van der Waals surface area contributed by atoms with E-state index in [9.17, 15) is 5.26 Å². The minimum absolute atomic E-state index is 0.251. The molecule has 34 heavy (non-hydrogen) atoms. The number of aliphatic imine (C=N–C) groups is 1. The Hall–Kier alpha value is -3.82. The van der Waals surface area contributed by atoms with Crippen LogP contribution in [0.1, 0.15) is 24.0 Å². The second-order valence-electron chi connectivity index (χ2n) is 8.62. The van der Waals surface area contributed by atoms with Crippen molar-refractivity contribution in [3.8, 4) is 17.6 Å². The summed E-state index contributed by atoms with van der Waals surface area (Å²) in [5.74, 6) is 1.44. The molecular formula is C28H27N3O3. The fraction of sp³-hybridized carbons (Fsp3) is 0.286. The van der Waals surface area contributed by atoms with E-state index in [0.29, 0.717) is 19.0 Å². The molecule has 172 valence electrons. The molecule has 0 atom stereocenters. The van der Waals surface area contributed by atoms with Crippen LogP contribution in [0.25, 0.3) is 0 Å². The van der Waals surface area contributed by atoms with Gasteiger partial charge in [0, 0.05) is 25.2 Å². The molecule has 2 heterocycles. The third-order valence-electron chi connectivity index (χ3n) is 6.51. The third kappa shape index (κ3) is 4.90. The Morgan fingerprint density at radius 2 is 1.62 bits per heavy atom. The van der Waals surface area contributed by atoms with E-state index in [1.54, 1.807) is 0 Å². The highest BCUT2D eigenvalue weighted by molar-refractivity contribution is 5.76. The van der Waals surface area contributed by atoms with Crippen molar-refractivity contribution in [1.82, 2.24) is 4.90 Å². The average Bonchev–Trinajstić information content (AvgIpc) is 2.91. The lowest BCUT2D eigenvalue weighted by Gasteiger charge is -2.37. The van der Waals surface area contributed by atoms with Gasteiger partial charge in [0.05, 0.1) is 17.2 Å². The molecule has 1 fully saturated rings. The van der Waals surface area contributed by atoms with Crippen molar-refractivity contribution in [2.45, 2.75) is 24.9 Å². The van der Waals surface area contributed by atoms with Gasteiger partial charge in [-0.2, -0.15) is 10.3 Å². The van der Waals surface area contributed by atoms with Gasteiger partial charge in [-0.05, 0) is 48.7 Å². The molecule has 2 aliphatic heterocycles. The molecule has 2 aliphatic rings. The van der Waals surface area contributed by atoms with Gasteiger partial charge < -0.3 is 14.2 Å². The number of hydrogen-bond donors (Lipinski definition) is 0. The largest absolute Gasteiger partial charge is 0.492 e. The highest BCUT2D eigenvalue weighted by atomic mass is 16.7. The van der Waals surface area contributed by atoms with Crippen LogP contribution in [-0.2, 0) is 16.8 Å². The van der Waals surface area contributed by atoms with E-state index in [0.717, 1.165) is 55.0 Å². The number of piperidine rings is 1. The molecule has 3 aromatic carbocycles. The summed E-state index contributed by atoms with van der Waals surface area (Å²) in [5, 5.41) is 9.86. The predicted octanol–water partition coefficient (Wildman–Crippen LogP) is 5.22. The summed E-state index contributed by atoms with van der Waals surface area (Å²) in [6.45, 7) is 3.66. The maximum absolute atomic E-state index is 9.86. The average molecular weight is 454 g/mol. The van der Waals surface area contributed by atoms with Gasteiger partial charge in [0.15, 0.2) is 0 Å². The van der Waals surface area contributed by atoms with Gasteiger partial charge in [-0.1, -0.05) is 48.5 Å². The highest BCUT2D eigenvalue weighted by Crippen LogP contribution is 2.34. The van der Waals surface area contributed by atoms with Crippen molar-refractivity contribution in [1.29, 1.82) is 5.26 Å². The van der Waals surface area contributed by atoms with Crippen LogP contribution >= 0.6 is 0 Å². The van der Waals surface area contributed by atoms with Crippen LogP contribution in [0.4, 0.5) is 5.69 Å². The van der Waals surface area contributed by atoms with E-state index in [1.807, 2.05) is 66.7 Å². The molecule has 0 N–H and O–H groups in total. The van der Waals surface area contributed by atoms with Crippen LogP contribution in [0.3, 0.4) is 0 Å². The summed E-state index contributed by atoms with van der Waals surface area (Å²) in [5.41, 5.74) is 2.68. The van der Waals surface area contributed by atoms with E-state index in [1.165, 1.54) is 0 Å². The van der Waals surface area contributed by atoms with E-state index < -0.39 is 0 Å². The Balaban J connectivity index is 1.09. The summed E-state index contributed by atoms with van der Waals surface area (Å²) < 4.78 is 17.3. The number of nitrogens with zero attached hydrogens (tertiary/aromatic N) is 3. The van der Waals surface area contributed by atoms with Crippen LogP contribution in [0.15, 0.2) is 83.9 Å². The van der Waals surface area contributed by atoms with E-state index in [4.69, 9.17) is 14.2 Å². The van der Waals surface area contributed by atoms with Crippen LogP contribution < -0.4 is 9.47 Å². The standard InChI is InChI=1S/C28H27N3O3/c29-21-28(23-7-2-1-3-8-23)14-16-31(17-15-28)18-19-32-24-10-12-25(13-11-24)34-27-30-26-9-5-4-6-22(26)20-33-27/h1-13H,14-20H2. The molecule has 6 nitrogen and oxygen atoms in total. The van der Waals surface area contributed by atoms with Gasteiger partial charge in [0.1, 0.15) is 24.7 Å². The molecule has 0 unspecified atom stereocenters. The number of benzene rings is 3. The third-order valence-corrected chi connectivity index (χ3v) is 6.51. The Morgan fingerprint density at radius 3 is 2.38 bits per heavy atom. The predicted molar refractivity (Wildman–Crippen MR) is 130 cm³/mol. The molecule has 0 aliphatic carbocycles. The number of ether oxygens (including phenoxy) is 3. The first-order valence-electron chi connectivity index (χ1n) is 11.6.